The minimum Gasteiger partial charge on any atom is -0.395 e. The maximum atomic E-state index is 9.02. The van der Waals surface area contributed by atoms with Gasteiger partial charge in [0.05, 0.1) is 12.3 Å². The van der Waals surface area contributed by atoms with E-state index in [0.29, 0.717) is 6.54 Å². The second kappa shape index (κ2) is 3.65. The highest BCUT2D eigenvalue weighted by Crippen LogP contribution is 2.38. The van der Waals surface area contributed by atoms with Crippen molar-refractivity contribution in [2.75, 3.05) is 6.61 Å². The first-order valence-corrected chi connectivity index (χ1v) is 5.75. The van der Waals surface area contributed by atoms with Gasteiger partial charge in [-0.3, -0.25) is 0 Å². The molecule has 16 heavy (non-hydrogen) atoms. The number of hydrogen-bond donors (Lipinski definition) is 1. The molecule has 0 fully saturated rings. The predicted octanol–water partition coefficient (Wildman–Crippen LogP) is 2.71. The van der Waals surface area contributed by atoms with Gasteiger partial charge in [0, 0.05) is 29.7 Å². The van der Waals surface area contributed by atoms with Crippen LogP contribution < -0.4 is 0 Å². The summed E-state index contributed by atoms with van der Waals surface area (Å²) in [5.41, 5.74) is 5.09. The lowest BCUT2D eigenvalue weighted by Crippen LogP contribution is -2.01. The molecular formula is C13H12ClNO. The molecule has 0 saturated heterocycles. The Labute approximate surface area is 99.1 Å². The van der Waals surface area contributed by atoms with Crippen molar-refractivity contribution in [1.82, 2.24) is 4.57 Å². The van der Waals surface area contributed by atoms with Crippen LogP contribution in [0.25, 0.3) is 11.3 Å². The number of aliphatic hydroxyl groups is 1. The topological polar surface area (TPSA) is 25.2 Å². The molecule has 1 heterocycles. The van der Waals surface area contributed by atoms with Gasteiger partial charge in [0.2, 0.25) is 0 Å². The smallest absolute Gasteiger partial charge is 0.0610 e. The lowest BCUT2D eigenvalue weighted by atomic mass is 10.1. The molecule has 1 aliphatic rings. The Hall–Kier alpha value is -1.25. The van der Waals surface area contributed by atoms with Crippen LogP contribution in [0.2, 0.25) is 5.02 Å². The Bertz CT molecular complexity index is 545. The van der Waals surface area contributed by atoms with E-state index in [1.54, 1.807) is 0 Å². The monoisotopic (exact) mass is 233 g/mol. The molecule has 0 radical (unpaired) electrons. The average Bonchev–Trinajstić information content (AvgIpc) is 2.78. The van der Waals surface area contributed by atoms with Crippen LogP contribution in [-0.4, -0.2) is 16.3 Å². The molecule has 1 aromatic heterocycles. The Morgan fingerprint density at radius 1 is 1.25 bits per heavy atom. The molecule has 1 aromatic carbocycles. The summed E-state index contributed by atoms with van der Waals surface area (Å²) in [6.07, 6.45) is 2.99. The van der Waals surface area contributed by atoms with E-state index in [0.717, 1.165) is 11.4 Å². The third-order valence-electron chi connectivity index (χ3n) is 3.09. The van der Waals surface area contributed by atoms with E-state index in [1.807, 2.05) is 18.3 Å². The van der Waals surface area contributed by atoms with Crippen molar-refractivity contribution in [2.24, 2.45) is 0 Å². The molecule has 3 rings (SSSR count). The van der Waals surface area contributed by atoms with Crippen LogP contribution in [0.5, 0.6) is 0 Å². The van der Waals surface area contributed by atoms with Crippen molar-refractivity contribution >= 4 is 11.6 Å². The second-order valence-corrected chi connectivity index (χ2v) is 4.52. The number of halogens is 1. The van der Waals surface area contributed by atoms with Crippen molar-refractivity contribution in [3.8, 4) is 11.3 Å². The Morgan fingerprint density at radius 2 is 2.12 bits per heavy atom. The fraction of sp³-hybridized carbons (Fsp3) is 0.231. The fourth-order valence-electron chi connectivity index (χ4n) is 2.43. The average molecular weight is 234 g/mol. The first-order valence-electron chi connectivity index (χ1n) is 5.37. The summed E-state index contributed by atoms with van der Waals surface area (Å²) >= 11 is 5.99. The summed E-state index contributed by atoms with van der Waals surface area (Å²) in [4.78, 5) is 0. The van der Waals surface area contributed by atoms with E-state index in [9.17, 15) is 0 Å². The number of nitrogens with zero attached hydrogens (tertiary/aromatic N) is 1. The molecule has 82 valence electrons. The molecular weight excluding hydrogens is 222 g/mol. The molecule has 2 nitrogen and oxygen atoms in total. The van der Waals surface area contributed by atoms with Gasteiger partial charge < -0.3 is 9.67 Å². The van der Waals surface area contributed by atoms with Gasteiger partial charge in [-0.1, -0.05) is 17.7 Å². The van der Waals surface area contributed by atoms with Gasteiger partial charge in [0.15, 0.2) is 0 Å². The standard InChI is InChI=1S/C13H12ClNO/c14-11-1-2-12-10(8-11)7-9-3-4-15(5-6-16)13(9)12/h1-4,8,16H,5-7H2. The van der Waals surface area contributed by atoms with E-state index in [-0.39, 0.29) is 6.61 Å². The molecule has 1 N–H and O–H groups in total. The molecule has 1 aliphatic carbocycles. The largest absolute Gasteiger partial charge is 0.395 e. The van der Waals surface area contributed by atoms with Crippen LogP contribution in [0.15, 0.2) is 30.5 Å². The molecule has 0 saturated carbocycles. The number of fused-ring (bicyclic) bond motifs is 3. The zero-order chi connectivity index (χ0) is 11.1. The van der Waals surface area contributed by atoms with Crippen LogP contribution in [0.3, 0.4) is 0 Å². The third-order valence-corrected chi connectivity index (χ3v) is 3.33. The highest BCUT2D eigenvalue weighted by molar-refractivity contribution is 6.30. The maximum Gasteiger partial charge on any atom is 0.0610 e. The highest BCUT2D eigenvalue weighted by Gasteiger charge is 2.21. The Kier molecular flexibility index (Phi) is 2.27. The van der Waals surface area contributed by atoms with Gasteiger partial charge in [-0.15, -0.1) is 0 Å². The second-order valence-electron chi connectivity index (χ2n) is 4.08. The molecule has 0 unspecified atom stereocenters. The highest BCUT2D eigenvalue weighted by atomic mass is 35.5. The Balaban J connectivity index is 2.15. The van der Waals surface area contributed by atoms with Crippen LogP contribution >= 0.6 is 11.6 Å². The number of aromatic nitrogens is 1. The molecule has 3 heteroatoms. The normalized spacial score (nSPS) is 12.6. The Morgan fingerprint density at radius 3 is 2.94 bits per heavy atom. The number of benzene rings is 1. The van der Waals surface area contributed by atoms with E-state index >= 15 is 0 Å². The maximum absolute atomic E-state index is 9.02. The van der Waals surface area contributed by atoms with Crippen molar-refractivity contribution in [3.63, 3.8) is 0 Å². The first-order chi connectivity index (χ1) is 7.79. The molecule has 0 atom stereocenters. The van der Waals surface area contributed by atoms with Gasteiger partial charge in [0.25, 0.3) is 0 Å². The van der Waals surface area contributed by atoms with Crippen molar-refractivity contribution in [2.45, 2.75) is 13.0 Å². The lowest BCUT2D eigenvalue weighted by Gasteiger charge is -2.07. The zero-order valence-corrected chi connectivity index (χ0v) is 9.54. The zero-order valence-electron chi connectivity index (χ0n) is 8.78. The fourth-order valence-corrected chi connectivity index (χ4v) is 2.62. The number of aliphatic hydroxyl groups excluding tert-OH is 1. The lowest BCUT2D eigenvalue weighted by molar-refractivity contribution is 0.277. The SMILES string of the molecule is OCCn1ccc2c1-c1ccc(Cl)cc1C2. The van der Waals surface area contributed by atoms with Crippen molar-refractivity contribution in [1.29, 1.82) is 0 Å². The van der Waals surface area contributed by atoms with Gasteiger partial charge in [-0.25, -0.2) is 0 Å². The van der Waals surface area contributed by atoms with Gasteiger partial charge >= 0.3 is 0 Å². The minimum absolute atomic E-state index is 0.171. The van der Waals surface area contributed by atoms with Gasteiger partial charge in [-0.05, 0) is 29.3 Å². The van der Waals surface area contributed by atoms with E-state index in [1.165, 1.54) is 22.4 Å². The summed E-state index contributed by atoms with van der Waals surface area (Å²) < 4.78 is 2.11. The molecule has 0 aliphatic heterocycles. The predicted molar refractivity (Wildman–Crippen MR) is 64.8 cm³/mol. The third kappa shape index (κ3) is 1.38. The minimum atomic E-state index is 0.171. The summed E-state index contributed by atoms with van der Waals surface area (Å²) in [5.74, 6) is 0. The molecule has 0 spiro atoms. The van der Waals surface area contributed by atoms with Gasteiger partial charge in [-0.2, -0.15) is 0 Å². The summed E-state index contributed by atoms with van der Waals surface area (Å²) in [6, 6.07) is 8.14. The molecule has 2 aromatic rings. The van der Waals surface area contributed by atoms with Gasteiger partial charge in [0.1, 0.15) is 0 Å². The van der Waals surface area contributed by atoms with Crippen LogP contribution in [-0.2, 0) is 13.0 Å². The van der Waals surface area contributed by atoms with E-state index in [4.69, 9.17) is 16.7 Å². The number of hydrogen-bond acceptors (Lipinski definition) is 1. The summed E-state index contributed by atoms with van der Waals surface area (Å²) in [6.45, 7) is 0.821. The van der Waals surface area contributed by atoms with Crippen molar-refractivity contribution in [3.05, 3.63) is 46.6 Å². The van der Waals surface area contributed by atoms with Crippen molar-refractivity contribution < 1.29 is 5.11 Å². The summed E-state index contributed by atoms with van der Waals surface area (Å²) in [5, 5.41) is 9.81. The quantitative estimate of drug-likeness (QED) is 0.724. The van der Waals surface area contributed by atoms with Crippen LogP contribution in [0.4, 0.5) is 0 Å². The number of rotatable bonds is 2. The molecule has 0 amide bonds. The van der Waals surface area contributed by atoms with Crippen LogP contribution in [0.1, 0.15) is 11.1 Å². The summed E-state index contributed by atoms with van der Waals surface area (Å²) in [7, 11) is 0. The van der Waals surface area contributed by atoms with Crippen LogP contribution in [0, 0.1) is 0 Å². The first kappa shape index (κ1) is 9.94. The van der Waals surface area contributed by atoms with E-state index < -0.39 is 0 Å². The molecule has 0 bridgehead atoms. The van der Waals surface area contributed by atoms with E-state index in [2.05, 4.69) is 16.7 Å².